The molecule has 1 aromatic heterocycles. The predicted molar refractivity (Wildman–Crippen MR) is 77.2 cm³/mol. The van der Waals surface area contributed by atoms with Crippen molar-refractivity contribution in [3.63, 3.8) is 0 Å². The van der Waals surface area contributed by atoms with E-state index in [0.717, 1.165) is 16.7 Å². The molecule has 0 atom stereocenters. The molecule has 0 aliphatic carbocycles. The van der Waals surface area contributed by atoms with Crippen LogP contribution in [-0.4, -0.2) is 63.5 Å². The number of nitrogens with one attached hydrogen (secondary N) is 1. The van der Waals surface area contributed by atoms with E-state index >= 15 is 0 Å². The normalized spacial score (nSPS) is 10.9. The molecule has 20 heavy (non-hydrogen) atoms. The zero-order valence-corrected chi connectivity index (χ0v) is 12.9. The lowest BCUT2D eigenvalue weighted by Crippen LogP contribution is -2.11. The average molecular weight is 305 g/mol. The Morgan fingerprint density at radius 3 is 2.25 bits per heavy atom. The van der Waals surface area contributed by atoms with Crippen LogP contribution < -0.4 is 5.32 Å². The van der Waals surface area contributed by atoms with Crippen LogP contribution in [-0.2, 0) is 25.6 Å². The van der Waals surface area contributed by atoms with Crippen molar-refractivity contribution in [2.45, 2.75) is 13.5 Å². The first-order chi connectivity index (χ1) is 9.86. The number of ether oxygens (including phenoxy) is 4. The molecule has 0 saturated carbocycles. The molecule has 0 aliphatic heterocycles. The van der Waals surface area contributed by atoms with Gasteiger partial charge in [0.1, 0.15) is 11.6 Å². The molecule has 0 aromatic carbocycles. The summed E-state index contributed by atoms with van der Waals surface area (Å²) in [5.74, 6) is 0. The van der Waals surface area contributed by atoms with Gasteiger partial charge in [0.2, 0.25) is 5.13 Å². The Balaban J connectivity index is 1.89. The summed E-state index contributed by atoms with van der Waals surface area (Å²) in [5.41, 5.74) is 0. The van der Waals surface area contributed by atoms with Crippen molar-refractivity contribution in [1.29, 1.82) is 0 Å². The average Bonchev–Trinajstić information content (AvgIpc) is 2.89. The second-order valence-corrected chi connectivity index (χ2v) is 4.86. The highest BCUT2D eigenvalue weighted by Crippen LogP contribution is 2.15. The van der Waals surface area contributed by atoms with Crippen LogP contribution in [0.15, 0.2) is 0 Å². The largest absolute Gasteiger partial charge is 0.382 e. The van der Waals surface area contributed by atoms with Crippen molar-refractivity contribution in [2.75, 3.05) is 58.6 Å². The summed E-state index contributed by atoms with van der Waals surface area (Å²) in [6.45, 7) is 6.77. The number of anilines is 1. The maximum atomic E-state index is 5.45. The molecule has 0 spiro atoms. The van der Waals surface area contributed by atoms with Crippen LogP contribution in [0.2, 0.25) is 0 Å². The highest BCUT2D eigenvalue weighted by atomic mass is 32.1. The topological polar surface area (TPSA) is 74.7 Å². The third kappa shape index (κ3) is 8.39. The van der Waals surface area contributed by atoms with E-state index in [2.05, 4.69) is 15.5 Å². The van der Waals surface area contributed by atoms with E-state index in [1.807, 2.05) is 6.92 Å². The number of hydrogen-bond donors (Lipinski definition) is 1. The second-order valence-electron chi connectivity index (χ2n) is 3.80. The molecule has 0 aliphatic rings. The molecule has 7 nitrogen and oxygen atoms in total. The van der Waals surface area contributed by atoms with Crippen molar-refractivity contribution >= 4 is 16.5 Å². The van der Waals surface area contributed by atoms with E-state index in [1.165, 1.54) is 11.3 Å². The van der Waals surface area contributed by atoms with Crippen LogP contribution in [0.4, 0.5) is 5.13 Å². The summed E-state index contributed by atoms with van der Waals surface area (Å²) < 4.78 is 20.9. The number of hydrogen-bond acceptors (Lipinski definition) is 8. The summed E-state index contributed by atoms with van der Waals surface area (Å²) >= 11 is 1.51. The highest BCUT2D eigenvalue weighted by Gasteiger charge is 2.02. The van der Waals surface area contributed by atoms with Gasteiger partial charge in [-0.2, -0.15) is 0 Å². The van der Waals surface area contributed by atoms with Crippen molar-refractivity contribution in [1.82, 2.24) is 10.2 Å². The Bertz CT molecular complexity index is 338. The van der Waals surface area contributed by atoms with Gasteiger partial charge in [-0.3, -0.25) is 0 Å². The van der Waals surface area contributed by atoms with E-state index < -0.39 is 0 Å². The quantitative estimate of drug-likeness (QED) is 0.548. The van der Waals surface area contributed by atoms with Crippen molar-refractivity contribution in [3.05, 3.63) is 5.01 Å². The summed E-state index contributed by atoms with van der Waals surface area (Å²) in [5, 5.41) is 12.8. The molecule has 0 unspecified atom stereocenters. The van der Waals surface area contributed by atoms with E-state index in [0.29, 0.717) is 46.2 Å². The van der Waals surface area contributed by atoms with Crippen molar-refractivity contribution in [2.24, 2.45) is 0 Å². The fourth-order valence-corrected chi connectivity index (χ4v) is 2.02. The van der Waals surface area contributed by atoms with Crippen LogP contribution in [0.1, 0.15) is 11.9 Å². The van der Waals surface area contributed by atoms with Crippen molar-refractivity contribution in [3.8, 4) is 0 Å². The molecule has 0 bridgehead atoms. The van der Waals surface area contributed by atoms with Gasteiger partial charge in [0.25, 0.3) is 0 Å². The van der Waals surface area contributed by atoms with E-state index in [9.17, 15) is 0 Å². The van der Waals surface area contributed by atoms with Gasteiger partial charge in [0.15, 0.2) is 0 Å². The van der Waals surface area contributed by atoms with E-state index in [1.54, 1.807) is 7.11 Å². The maximum Gasteiger partial charge on any atom is 0.205 e. The lowest BCUT2D eigenvalue weighted by Gasteiger charge is -2.05. The molecule has 0 radical (unpaired) electrons. The Kier molecular flexibility index (Phi) is 10.3. The number of nitrogens with zero attached hydrogens (tertiary/aromatic N) is 2. The zero-order chi connectivity index (χ0) is 14.5. The van der Waals surface area contributed by atoms with Crippen LogP contribution in [0.25, 0.3) is 0 Å². The van der Waals surface area contributed by atoms with Gasteiger partial charge in [-0.05, 0) is 6.92 Å². The summed E-state index contributed by atoms with van der Waals surface area (Å²) in [7, 11) is 1.65. The van der Waals surface area contributed by atoms with Gasteiger partial charge in [-0.15, -0.1) is 10.2 Å². The van der Waals surface area contributed by atoms with Crippen molar-refractivity contribution < 1.29 is 18.9 Å². The zero-order valence-electron chi connectivity index (χ0n) is 12.1. The summed E-state index contributed by atoms with van der Waals surface area (Å²) in [4.78, 5) is 0. The lowest BCUT2D eigenvalue weighted by atomic mass is 10.7. The number of methoxy groups -OCH3 is 1. The molecule has 0 fully saturated rings. The SMILES string of the molecule is CCNc1nnc(COCCOCCOCCOC)s1. The molecule has 1 rings (SSSR count). The van der Waals surface area contributed by atoms with Gasteiger partial charge >= 0.3 is 0 Å². The maximum absolute atomic E-state index is 5.45. The fourth-order valence-electron chi connectivity index (χ4n) is 1.28. The van der Waals surface area contributed by atoms with Crippen LogP contribution in [0.5, 0.6) is 0 Å². The Morgan fingerprint density at radius 1 is 0.950 bits per heavy atom. The highest BCUT2D eigenvalue weighted by molar-refractivity contribution is 7.15. The monoisotopic (exact) mass is 305 g/mol. The Hall–Kier alpha value is -0.800. The Labute approximate surface area is 123 Å². The van der Waals surface area contributed by atoms with Gasteiger partial charge in [0.05, 0.1) is 39.6 Å². The van der Waals surface area contributed by atoms with Crippen LogP contribution >= 0.6 is 11.3 Å². The van der Waals surface area contributed by atoms with Crippen LogP contribution in [0.3, 0.4) is 0 Å². The third-order valence-electron chi connectivity index (χ3n) is 2.20. The molecular formula is C12H23N3O4S. The number of aromatic nitrogens is 2. The standard InChI is InChI=1S/C12H23N3O4S/c1-3-13-12-15-14-11(20-12)10-19-9-8-18-7-6-17-5-4-16-2/h3-10H2,1-2H3,(H,13,15). The van der Waals surface area contributed by atoms with Gasteiger partial charge < -0.3 is 24.3 Å². The van der Waals surface area contributed by atoms with Gasteiger partial charge in [0, 0.05) is 13.7 Å². The lowest BCUT2D eigenvalue weighted by molar-refractivity contribution is 0.000794. The third-order valence-corrected chi connectivity index (χ3v) is 3.05. The van der Waals surface area contributed by atoms with Crippen LogP contribution in [0, 0.1) is 0 Å². The first-order valence-electron chi connectivity index (χ1n) is 6.65. The molecule has 8 heteroatoms. The minimum absolute atomic E-state index is 0.469. The van der Waals surface area contributed by atoms with Gasteiger partial charge in [-0.1, -0.05) is 11.3 Å². The molecule has 1 aromatic rings. The molecule has 0 amide bonds. The summed E-state index contributed by atoms with van der Waals surface area (Å²) in [6.07, 6.45) is 0. The first kappa shape index (κ1) is 17.3. The van der Waals surface area contributed by atoms with E-state index in [4.69, 9.17) is 18.9 Å². The summed E-state index contributed by atoms with van der Waals surface area (Å²) in [6, 6.07) is 0. The second kappa shape index (κ2) is 12.0. The fraction of sp³-hybridized carbons (Fsp3) is 0.833. The Morgan fingerprint density at radius 2 is 1.60 bits per heavy atom. The molecule has 1 N–H and O–H groups in total. The minimum Gasteiger partial charge on any atom is -0.382 e. The predicted octanol–water partition coefficient (Wildman–Crippen LogP) is 1.17. The van der Waals surface area contributed by atoms with Gasteiger partial charge in [-0.25, -0.2) is 0 Å². The smallest absolute Gasteiger partial charge is 0.205 e. The molecule has 1 heterocycles. The molecule has 116 valence electrons. The first-order valence-corrected chi connectivity index (χ1v) is 7.47. The number of rotatable bonds is 13. The molecule has 0 saturated heterocycles. The van der Waals surface area contributed by atoms with E-state index in [-0.39, 0.29) is 0 Å². The minimum atomic E-state index is 0.469. The molecular weight excluding hydrogens is 282 g/mol.